The number of phenols is 1. The molecule has 0 saturated carbocycles. The molecule has 0 fully saturated rings. The maximum atomic E-state index is 11.3. The number of para-hydroxylation sites is 2. The second-order valence-corrected chi connectivity index (χ2v) is 4.65. The minimum atomic E-state index is -1.29. The highest BCUT2D eigenvalue weighted by Gasteiger charge is 2.12. The summed E-state index contributed by atoms with van der Waals surface area (Å²) in [5.41, 5.74) is 0.205. The van der Waals surface area contributed by atoms with Gasteiger partial charge in [-0.25, -0.2) is 9.59 Å². The monoisotopic (exact) mass is 318 g/mol. The number of phenolic OH excluding ortho intramolecular Hbond substituents is 1. The van der Waals surface area contributed by atoms with E-state index in [4.69, 9.17) is 9.84 Å². The molecule has 2 N–H and O–H groups in total. The predicted molar refractivity (Wildman–Crippen MR) is 83.8 cm³/mol. The van der Waals surface area contributed by atoms with Crippen LogP contribution in [0.15, 0.2) is 54.6 Å². The highest BCUT2D eigenvalue weighted by atomic mass is 16.7. The summed E-state index contributed by atoms with van der Waals surface area (Å²) in [5.74, 6) is -0.198. The Morgan fingerprint density at radius 2 is 1.52 bits per heavy atom. The summed E-state index contributed by atoms with van der Waals surface area (Å²) in [6.45, 7) is 3.52. The zero-order chi connectivity index (χ0) is 17.2. The van der Waals surface area contributed by atoms with Crippen molar-refractivity contribution in [1.82, 2.24) is 0 Å². The van der Waals surface area contributed by atoms with Gasteiger partial charge in [-0.3, -0.25) is 0 Å². The molecule has 0 aliphatic carbocycles. The van der Waals surface area contributed by atoms with Gasteiger partial charge in [0.15, 0.2) is 0 Å². The number of rotatable bonds is 3. The number of hydrogen-bond acceptors (Lipinski definition) is 5. The maximum Gasteiger partial charge on any atom is 0.511 e. The Balaban J connectivity index is 0.000000238. The molecule has 6 nitrogen and oxygen atoms in total. The summed E-state index contributed by atoms with van der Waals surface area (Å²) < 4.78 is 9.25. The van der Waals surface area contributed by atoms with Gasteiger partial charge in [0.25, 0.3) is 0 Å². The van der Waals surface area contributed by atoms with E-state index >= 15 is 0 Å². The molecule has 2 aromatic carbocycles. The Morgan fingerprint density at radius 3 is 2.04 bits per heavy atom. The lowest BCUT2D eigenvalue weighted by Gasteiger charge is -2.08. The number of benzene rings is 2. The third-order valence-electron chi connectivity index (χ3n) is 2.42. The number of aromatic hydroxyl groups is 1. The average Bonchev–Trinajstić information content (AvgIpc) is 2.48. The molecule has 0 aromatic heterocycles. The van der Waals surface area contributed by atoms with Crippen molar-refractivity contribution in [3.8, 4) is 11.5 Å². The summed E-state index contributed by atoms with van der Waals surface area (Å²) in [4.78, 5) is 21.2. The Hall–Kier alpha value is -3.02. The maximum absolute atomic E-state index is 11.3. The molecule has 0 bridgehead atoms. The summed E-state index contributed by atoms with van der Waals surface area (Å²) in [7, 11) is 0. The van der Waals surface area contributed by atoms with Gasteiger partial charge in [-0.2, -0.15) is 0 Å². The smallest absolute Gasteiger partial charge is 0.507 e. The third kappa shape index (κ3) is 6.99. The van der Waals surface area contributed by atoms with Gasteiger partial charge < -0.3 is 19.7 Å². The Labute approximate surface area is 133 Å². The van der Waals surface area contributed by atoms with Crippen molar-refractivity contribution in [3.05, 3.63) is 60.2 Å². The molecule has 0 amide bonds. The van der Waals surface area contributed by atoms with Gasteiger partial charge in [-0.05, 0) is 38.1 Å². The summed E-state index contributed by atoms with van der Waals surface area (Å²) in [6, 6.07) is 14.7. The largest absolute Gasteiger partial charge is 0.511 e. The van der Waals surface area contributed by atoms with E-state index in [-0.39, 0.29) is 17.4 Å². The van der Waals surface area contributed by atoms with Crippen molar-refractivity contribution in [3.63, 3.8) is 0 Å². The fraction of sp³-hybridized carbons (Fsp3) is 0.176. The lowest BCUT2D eigenvalue weighted by molar-refractivity contribution is 0.0374. The van der Waals surface area contributed by atoms with E-state index in [0.717, 1.165) is 0 Å². The molecule has 0 aliphatic rings. The topological polar surface area (TPSA) is 93.1 Å². The summed E-state index contributed by atoms with van der Waals surface area (Å²) in [5, 5.41) is 17.4. The first kappa shape index (κ1) is 18.0. The fourth-order valence-corrected chi connectivity index (χ4v) is 1.51. The minimum Gasteiger partial charge on any atom is -0.507 e. The Kier molecular flexibility index (Phi) is 7.13. The molecule has 23 heavy (non-hydrogen) atoms. The van der Waals surface area contributed by atoms with E-state index in [2.05, 4.69) is 4.74 Å². The number of carbonyl (C=O) groups excluding carboxylic acids is 1. The molecule has 0 radical (unpaired) electrons. The van der Waals surface area contributed by atoms with Crippen LogP contribution in [0.4, 0.5) is 4.79 Å². The van der Waals surface area contributed by atoms with E-state index in [0.29, 0.717) is 5.75 Å². The Bertz CT molecular complexity index is 637. The van der Waals surface area contributed by atoms with E-state index in [9.17, 15) is 14.7 Å². The third-order valence-corrected chi connectivity index (χ3v) is 2.42. The van der Waals surface area contributed by atoms with Crippen molar-refractivity contribution >= 4 is 12.1 Å². The molecule has 0 heterocycles. The molecule has 0 unspecified atom stereocenters. The van der Waals surface area contributed by atoms with Crippen molar-refractivity contribution in [2.24, 2.45) is 0 Å². The molecule has 2 aromatic rings. The van der Waals surface area contributed by atoms with Crippen LogP contribution in [-0.2, 0) is 4.74 Å². The summed E-state index contributed by atoms with van der Waals surface area (Å²) in [6.07, 6.45) is -1.46. The van der Waals surface area contributed by atoms with Crippen molar-refractivity contribution in [2.75, 3.05) is 0 Å². The van der Waals surface area contributed by atoms with Crippen LogP contribution in [-0.4, -0.2) is 28.4 Å². The molecule has 0 saturated heterocycles. The molecule has 6 heteroatoms. The molecule has 0 spiro atoms. The first-order valence-electron chi connectivity index (χ1n) is 6.85. The first-order valence-corrected chi connectivity index (χ1v) is 6.85. The standard InChI is InChI=1S/C10H12O3.C7H6O3/c1-7(2)13-10(12)8-5-3-4-6-9(8)11;8-7(9)10-6-4-2-1-3-5-6/h3-7,11H,1-2H3;1-5H,(H,8,9). The number of carbonyl (C=O) groups is 2. The minimum absolute atomic E-state index is 0.0480. The van der Waals surface area contributed by atoms with Crippen molar-refractivity contribution < 1.29 is 29.3 Å². The van der Waals surface area contributed by atoms with Crippen LogP contribution < -0.4 is 4.74 Å². The van der Waals surface area contributed by atoms with Crippen molar-refractivity contribution in [2.45, 2.75) is 20.0 Å². The molecule has 0 atom stereocenters. The second-order valence-electron chi connectivity index (χ2n) is 4.65. The average molecular weight is 318 g/mol. The lowest BCUT2D eigenvalue weighted by atomic mass is 10.2. The van der Waals surface area contributed by atoms with E-state index in [1.165, 1.54) is 12.1 Å². The Morgan fingerprint density at radius 1 is 0.957 bits per heavy atom. The fourth-order valence-electron chi connectivity index (χ4n) is 1.51. The van der Waals surface area contributed by atoms with Gasteiger partial charge in [0.05, 0.1) is 6.10 Å². The van der Waals surface area contributed by atoms with Gasteiger partial charge in [0.2, 0.25) is 0 Å². The lowest BCUT2D eigenvalue weighted by Crippen LogP contribution is -2.11. The van der Waals surface area contributed by atoms with Gasteiger partial charge in [0, 0.05) is 0 Å². The highest BCUT2D eigenvalue weighted by Crippen LogP contribution is 2.16. The quantitative estimate of drug-likeness (QED) is 0.662. The van der Waals surface area contributed by atoms with Crippen LogP contribution in [0.25, 0.3) is 0 Å². The zero-order valence-electron chi connectivity index (χ0n) is 12.8. The van der Waals surface area contributed by atoms with E-state index in [1.54, 1.807) is 56.3 Å². The zero-order valence-corrected chi connectivity index (χ0v) is 12.8. The molecular formula is C17H18O6. The van der Waals surface area contributed by atoms with Crippen LogP contribution in [0.3, 0.4) is 0 Å². The predicted octanol–water partition coefficient (Wildman–Crippen LogP) is 3.70. The highest BCUT2D eigenvalue weighted by molar-refractivity contribution is 5.92. The second kappa shape index (κ2) is 9.09. The normalized spacial score (nSPS) is 9.52. The van der Waals surface area contributed by atoms with Crippen LogP contribution in [0, 0.1) is 0 Å². The molecule has 0 aliphatic heterocycles. The SMILES string of the molecule is CC(C)OC(=O)c1ccccc1O.O=C(O)Oc1ccccc1. The van der Waals surface area contributed by atoms with Gasteiger partial charge in [-0.1, -0.05) is 30.3 Å². The van der Waals surface area contributed by atoms with E-state index < -0.39 is 12.1 Å². The van der Waals surface area contributed by atoms with Crippen LogP contribution in [0.1, 0.15) is 24.2 Å². The van der Waals surface area contributed by atoms with Gasteiger partial charge in [0.1, 0.15) is 17.1 Å². The molecule has 2 rings (SSSR count). The van der Waals surface area contributed by atoms with Gasteiger partial charge in [-0.15, -0.1) is 0 Å². The number of carboxylic acid groups (broad SMARTS) is 1. The van der Waals surface area contributed by atoms with Crippen LogP contribution in [0.5, 0.6) is 11.5 Å². The number of esters is 1. The van der Waals surface area contributed by atoms with Crippen molar-refractivity contribution in [1.29, 1.82) is 0 Å². The molecule has 122 valence electrons. The summed E-state index contributed by atoms with van der Waals surface area (Å²) >= 11 is 0. The number of hydrogen-bond donors (Lipinski definition) is 2. The number of ether oxygens (including phenoxy) is 2. The van der Waals surface area contributed by atoms with Gasteiger partial charge >= 0.3 is 12.1 Å². The first-order chi connectivity index (χ1) is 10.9. The van der Waals surface area contributed by atoms with E-state index in [1.807, 2.05) is 0 Å². The molecular weight excluding hydrogens is 300 g/mol. The van der Waals surface area contributed by atoms with Crippen LogP contribution >= 0.6 is 0 Å². The van der Waals surface area contributed by atoms with Crippen LogP contribution in [0.2, 0.25) is 0 Å².